The van der Waals surface area contributed by atoms with E-state index in [4.69, 9.17) is 15.2 Å². The van der Waals surface area contributed by atoms with Crippen molar-refractivity contribution in [3.05, 3.63) is 23.8 Å². The van der Waals surface area contributed by atoms with Crippen LogP contribution < -0.4 is 20.5 Å². The Labute approximate surface area is 99.9 Å². The fourth-order valence-electron chi connectivity index (χ4n) is 1.69. The van der Waals surface area contributed by atoms with Gasteiger partial charge in [-0.15, -0.1) is 0 Å². The number of rotatable bonds is 3. The van der Waals surface area contributed by atoms with Crippen LogP contribution in [-0.4, -0.2) is 25.8 Å². The highest BCUT2D eigenvalue weighted by molar-refractivity contribution is 5.71. The summed E-state index contributed by atoms with van der Waals surface area (Å²) in [6.45, 7) is 1.89. The lowest BCUT2D eigenvalue weighted by Crippen LogP contribution is -2.30. The first-order valence-corrected chi connectivity index (χ1v) is 5.67. The molecule has 0 saturated heterocycles. The molecule has 0 aliphatic carbocycles. The number of hydrogen-bond acceptors (Lipinski definition) is 3. The molecule has 0 atom stereocenters. The van der Waals surface area contributed by atoms with Crippen molar-refractivity contribution in [3.63, 3.8) is 0 Å². The summed E-state index contributed by atoms with van der Waals surface area (Å²) in [5.41, 5.74) is 6.08. The maximum absolute atomic E-state index is 10.5. The molecule has 0 aromatic heterocycles. The standard InChI is InChI=1S/C12H16N2O3/c13-12(15)14-5-4-9-2-3-10-11(8-9)17-7-1-6-16-10/h2-3,8H,1,4-7H2,(H3,13,14,15). The second kappa shape index (κ2) is 5.43. The molecule has 0 fully saturated rings. The topological polar surface area (TPSA) is 73.6 Å². The Bertz CT molecular complexity index is 407. The third kappa shape index (κ3) is 3.27. The van der Waals surface area contributed by atoms with Crippen molar-refractivity contribution in [1.82, 2.24) is 5.32 Å². The normalized spacial score (nSPS) is 13.9. The van der Waals surface area contributed by atoms with Crippen LogP contribution in [0, 0.1) is 0 Å². The fourth-order valence-corrected chi connectivity index (χ4v) is 1.69. The van der Waals surface area contributed by atoms with Gasteiger partial charge in [0.15, 0.2) is 11.5 Å². The van der Waals surface area contributed by atoms with E-state index in [1.165, 1.54) is 0 Å². The number of nitrogens with two attached hydrogens (primary N) is 1. The van der Waals surface area contributed by atoms with Crippen LogP contribution in [0.15, 0.2) is 18.2 Å². The second-order valence-electron chi connectivity index (χ2n) is 3.87. The smallest absolute Gasteiger partial charge is 0.312 e. The van der Waals surface area contributed by atoms with Crippen LogP contribution in [0.3, 0.4) is 0 Å². The molecule has 92 valence electrons. The number of benzene rings is 1. The van der Waals surface area contributed by atoms with Gasteiger partial charge in [0.1, 0.15) is 0 Å². The average Bonchev–Trinajstić information content (AvgIpc) is 2.53. The minimum atomic E-state index is -0.501. The highest BCUT2D eigenvalue weighted by Crippen LogP contribution is 2.30. The van der Waals surface area contributed by atoms with E-state index < -0.39 is 6.03 Å². The quantitative estimate of drug-likeness (QED) is 0.824. The number of carbonyl (C=O) groups excluding carboxylic acids is 1. The minimum absolute atomic E-state index is 0.501. The Hall–Kier alpha value is -1.91. The molecule has 0 radical (unpaired) electrons. The van der Waals surface area contributed by atoms with Gasteiger partial charge in [-0.25, -0.2) is 4.79 Å². The Morgan fingerprint density at radius 2 is 2.06 bits per heavy atom. The molecule has 0 unspecified atom stereocenters. The average molecular weight is 236 g/mol. The predicted octanol–water partition coefficient (Wildman–Crippen LogP) is 1.06. The maximum Gasteiger partial charge on any atom is 0.312 e. The van der Waals surface area contributed by atoms with Gasteiger partial charge >= 0.3 is 6.03 Å². The van der Waals surface area contributed by atoms with E-state index in [2.05, 4.69) is 5.32 Å². The molecule has 1 aromatic carbocycles. The Morgan fingerprint density at radius 3 is 2.82 bits per heavy atom. The number of hydrogen-bond donors (Lipinski definition) is 2. The van der Waals surface area contributed by atoms with Crippen LogP contribution in [0.2, 0.25) is 0 Å². The van der Waals surface area contributed by atoms with Crippen molar-refractivity contribution in [1.29, 1.82) is 0 Å². The number of primary amides is 1. The zero-order valence-electron chi connectivity index (χ0n) is 9.57. The van der Waals surface area contributed by atoms with Crippen molar-refractivity contribution < 1.29 is 14.3 Å². The lowest BCUT2D eigenvalue weighted by atomic mass is 10.1. The van der Waals surface area contributed by atoms with Gasteiger partial charge in [-0.05, 0) is 24.1 Å². The van der Waals surface area contributed by atoms with Crippen molar-refractivity contribution >= 4 is 6.03 Å². The third-order valence-electron chi connectivity index (χ3n) is 2.52. The molecule has 3 N–H and O–H groups in total. The summed E-state index contributed by atoms with van der Waals surface area (Å²) in [5, 5.41) is 2.55. The first-order chi connectivity index (χ1) is 8.25. The molecule has 2 amide bonds. The molecular formula is C12H16N2O3. The lowest BCUT2D eigenvalue weighted by Gasteiger charge is -2.09. The zero-order valence-corrected chi connectivity index (χ0v) is 9.57. The first-order valence-electron chi connectivity index (χ1n) is 5.67. The summed E-state index contributed by atoms with van der Waals surface area (Å²) < 4.78 is 11.1. The van der Waals surface area contributed by atoms with Gasteiger partial charge < -0.3 is 20.5 Å². The molecule has 1 aliphatic heterocycles. The summed E-state index contributed by atoms with van der Waals surface area (Å²) >= 11 is 0. The molecule has 0 spiro atoms. The number of fused-ring (bicyclic) bond motifs is 1. The Kier molecular flexibility index (Phi) is 3.69. The number of amides is 2. The van der Waals surface area contributed by atoms with Crippen molar-refractivity contribution in [2.24, 2.45) is 5.73 Å². The van der Waals surface area contributed by atoms with Crippen molar-refractivity contribution in [2.45, 2.75) is 12.8 Å². The van der Waals surface area contributed by atoms with Crippen LogP contribution in [0.1, 0.15) is 12.0 Å². The van der Waals surface area contributed by atoms with E-state index in [0.29, 0.717) is 19.8 Å². The van der Waals surface area contributed by atoms with Gasteiger partial charge in [-0.3, -0.25) is 0 Å². The van der Waals surface area contributed by atoms with Gasteiger partial charge in [-0.2, -0.15) is 0 Å². The van der Waals surface area contributed by atoms with E-state index in [0.717, 1.165) is 29.9 Å². The highest BCUT2D eigenvalue weighted by atomic mass is 16.5. The van der Waals surface area contributed by atoms with Crippen LogP contribution in [-0.2, 0) is 6.42 Å². The van der Waals surface area contributed by atoms with Gasteiger partial charge in [0.25, 0.3) is 0 Å². The molecule has 1 aromatic rings. The minimum Gasteiger partial charge on any atom is -0.490 e. The summed E-state index contributed by atoms with van der Waals surface area (Å²) in [6.07, 6.45) is 1.62. The molecule has 2 rings (SSSR count). The molecular weight excluding hydrogens is 220 g/mol. The zero-order chi connectivity index (χ0) is 12.1. The maximum atomic E-state index is 10.5. The van der Waals surface area contributed by atoms with Gasteiger partial charge in [0, 0.05) is 13.0 Å². The van der Waals surface area contributed by atoms with Crippen LogP contribution in [0.25, 0.3) is 0 Å². The number of ether oxygens (including phenoxy) is 2. The van der Waals surface area contributed by atoms with E-state index in [1.807, 2.05) is 18.2 Å². The Balaban J connectivity index is 1.99. The van der Waals surface area contributed by atoms with Crippen LogP contribution in [0.5, 0.6) is 11.5 Å². The van der Waals surface area contributed by atoms with Crippen molar-refractivity contribution in [2.75, 3.05) is 19.8 Å². The summed E-state index contributed by atoms with van der Waals surface area (Å²) in [7, 11) is 0. The first kappa shape index (κ1) is 11.6. The SMILES string of the molecule is NC(=O)NCCc1ccc2c(c1)OCCCO2. The van der Waals surface area contributed by atoms with Gasteiger partial charge in [0.05, 0.1) is 13.2 Å². The van der Waals surface area contributed by atoms with Gasteiger partial charge in [0.2, 0.25) is 0 Å². The summed E-state index contributed by atoms with van der Waals surface area (Å²) in [4.78, 5) is 10.5. The molecule has 5 heteroatoms. The molecule has 17 heavy (non-hydrogen) atoms. The van der Waals surface area contributed by atoms with Crippen LogP contribution >= 0.6 is 0 Å². The number of urea groups is 1. The molecule has 1 heterocycles. The fraction of sp³-hybridized carbons (Fsp3) is 0.417. The van der Waals surface area contributed by atoms with E-state index >= 15 is 0 Å². The van der Waals surface area contributed by atoms with Crippen molar-refractivity contribution in [3.8, 4) is 11.5 Å². The summed E-state index contributed by atoms with van der Waals surface area (Å²) in [5.74, 6) is 1.56. The Morgan fingerprint density at radius 1 is 1.29 bits per heavy atom. The molecule has 5 nitrogen and oxygen atoms in total. The van der Waals surface area contributed by atoms with E-state index in [1.54, 1.807) is 0 Å². The second-order valence-corrected chi connectivity index (χ2v) is 3.87. The van der Waals surface area contributed by atoms with Gasteiger partial charge in [-0.1, -0.05) is 6.07 Å². The van der Waals surface area contributed by atoms with E-state index in [9.17, 15) is 4.79 Å². The monoisotopic (exact) mass is 236 g/mol. The number of nitrogens with one attached hydrogen (secondary N) is 1. The van der Waals surface area contributed by atoms with Crippen LogP contribution in [0.4, 0.5) is 4.79 Å². The van der Waals surface area contributed by atoms with E-state index in [-0.39, 0.29) is 0 Å². The molecule has 1 aliphatic rings. The summed E-state index contributed by atoms with van der Waals surface area (Å²) in [6, 6.07) is 5.32. The largest absolute Gasteiger partial charge is 0.490 e. The predicted molar refractivity (Wildman–Crippen MR) is 63.3 cm³/mol. The molecule has 0 bridgehead atoms. The number of carbonyl (C=O) groups is 1. The third-order valence-corrected chi connectivity index (χ3v) is 2.52. The highest BCUT2D eigenvalue weighted by Gasteiger charge is 2.10. The molecule has 0 saturated carbocycles. The lowest BCUT2D eigenvalue weighted by molar-refractivity contribution is 0.249.